The summed E-state index contributed by atoms with van der Waals surface area (Å²) >= 11 is 0. The van der Waals surface area contributed by atoms with Gasteiger partial charge in [0.05, 0.1) is 11.0 Å². The van der Waals surface area contributed by atoms with E-state index in [2.05, 4.69) is 33.0 Å². The Labute approximate surface area is 116 Å². The molecule has 0 saturated heterocycles. The quantitative estimate of drug-likeness (QED) is 0.528. The fourth-order valence-electron chi connectivity index (χ4n) is 2.63. The van der Waals surface area contributed by atoms with Gasteiger partial charge in [-0.25, -0.2) is 9.97 Å². The topological polar surface area (TPSA) is 35.1 Å². The van der Waals surface area contributed by atoms with Crippen LogP contribution in [0.3, 0.4) is 0 Å². The van der Waals surface area contributed by atoms with Gasteiger partial charge in [-0.1, -0.05) is 18.2 Å². The standard InChI is InChI=1S/C16H14N4/c1-11-6-5-9-15-17-13(10-20(11)15)16-18-12-7-3-4-8-14(12)19(16)2/h3-10H,1-2H3. The second-order valence-corrected chi connectivity index (χ2v) is 5.00. The van der Waals surface area contributed by atoms with E-state index in [0.29, 0.717) is 0 Å². The fourth-order valence-corrected chi connectivity index (χ4v) is 2.63. The smallest absolute Gasteiger partial charge is 0.161 e. The minimum atomic E-state index is 0.898. The summed E-state index contributed by atoms with van der Waals surface area (Å²) in [5.41, 5.74) is 5.14. The zero-order valence-corrected chi connectivity index (χ0v) is 11.4. The largest absolute Gasteiger partial charge is 0.326 e. The number of hydrogen-bond acceptors (Lipinski definition) is 2. The molecular weight excluding hydrogens is 248 g/mol. The van der Waals surface area contributed by atoms with Crippen LogP contribution in [0, 0.1) is 6.92 Å². The van der Waals surface area contributed by atoms with Gasteiger partial charge in [0.2, 0.25) is 0 Å². The van der Waals surface area contributed by atoms with Crippen molar-refractivity contribution in [1.29, 1.82) is 0 Å². The number of imidazole rings is 2. The molecule has 0 aliphatic heterocycles. The van der Waals surface area contributed by atoms with Crippen molar-refractivity contribution in [3.63, 3.8) is 0 Å². The van der Waals surface area contributed by atoms with Crippen LogP contribution in [0.5, 0.6) is 0 Å². The highest BCUT2D eigenvalue weighted by molar-refractivity contribution is 5.80. The van der Waals surface area contributed by atoms with Crippen molar-refractivity contribution in [1.82, 2.24) is 18.9 Å². The molecule has 0 unspecified atom stereocenters. The maximum atomic E-state index is 4.69. The first-order valence-electron chi connectivity index (χ1n) is 6.60. The Morgan fingerprint density at radius 1 is 0.950 bits per heavy atom. The van der Waals surface area contributed by atoms with Crippen molar-refractivity contribution < 1.29 is 0 Å². The lowest BCUT2D eigenvalue weighted by molar-refractivity contribution is 0.953. The van der Waals surface area contributed by atoms with Crippen LogP contribution in [0.25, 0.3) is 28.2 Å². The summed E-state index contributed by atoms with van der Waals surface area (Å²) < 4.78 is 4.18. The molecule has 0 amide bonds. The average molecular weight is 262 g/mol. The third-order valence-electron chi connectivity index (χ3n) is 3.71. The molecule has 0 bridgehead atoms. The van der Waals surface area contributed by atoms with Crippen LogP contribution in [-0.2, 0) is 7.05 Å². The Kier molecular flexibility index (Phi) is 2.21. The average Bonchev–Trinajstić information content (AvgIpc) is 3.02. The van der Waals surface area contributed by atoms with Crippen molar-refractivity contribution >= 4 is 16.7 Å². The molecule has 4 heteroatoms. The summed E-state index contributed by atoms with van der Waals surface area (Å²) in [5, 5.41) is 0. The maximum Gasteiger partial charge on any atom is 0.161 e. The Morgan fingerprint density at radius 3 is 2.60 bits per heavy atom. The molecule has 4 nitrogen and oxygen atoms in total. The number of aryl methyl sites for hydroxylation is 2. The van der Waals surface area contributed by atoms with Gasteiger partial charge in [0.15, 0.2) is 5.82 Å². The molecule has 98 valence electrons. The zero-order chi connectivity index (χ0) is 13.7. The van der Waals surface area contributed by atoms with E-state index >= 15 is 0 Å². The third-order valence-corrected chi connectivity index (χ3v) is 3.71. The van der Waals surface area contributed by atoms with Gasteiger partial charge in [-0.3, -0.25) is 0 Å². The Hall–Kier alpha value is -2.62. The first-order valence-corrected chi connectivity index (χ1v) is 6.60. The minimum absolute atomic E-state index is 0.898. The monoisotopic (exact) mass is 262 g/mol. The molecule has 1 aromatic carbocycles. The summed E-state index contributed by atoms with van der Waals surface area (Å²) in [4.78, 5) is 9.37. The van der Waals surface area contributed by atoms with E-state index in [-0.39, 0.29) is 0 Å². The van der Waals surface area contributed by atoms with E-state index in [9.17, 15) is 0 Å². The first kappa shape index (κ1) is 11.2. The summed E-state index contributed by atoms with van der Waals surface area (Å²) in [5.74, 6) is 0.898. The van der Waals surface area contributed by atoms with Gasteiger partial charge in [0, 0.05) is 18.9 Å². The van der Waals surface area contributed by atoms with Crippen molar-refractivity contribution in [2.45, 2.75) is 6.92 Å². The summed E-state index contributed by atoms with van der Waals surface area (Å²) in [6.45, 7) is 2.08. The molecule has 0 radical (unpaired) electrons. The molecule has 0 aliphatic carbocycles. The van der Waals surface area contributed by atoms with E-state index in [0.717, 1.165) is 28.2 Å². The predicted molar refractivity (Wildman–Crippen MR) is 79.6 cm³/mol. The van der Waals surface area contributed by atoms with Gasteiger partial charge in [-0.2, -0.15) is 0 Å². The molecule has 4 aromatic rings. The minimum Gasteiger partial charge on any atom is -0.326 e. The van der Waals surface area contributed by atoms with E-state index in [1.54, 1.807) is 0 Å². The Morgan fingerprint density at radius 2 is 1.80 bits per heavy atom. The lowest BCUT2D eigenvalue weighted by atomic mass is 10.3. The number of aromatic nitrogens is 4. The number of benzene rings is 1. The fraction of sp³-hybridized carbons (Fsp3) is 0.125. The van der Waals surface area contributed by atoms with E-state index < -0.39 is 0 Å². The number of rotatable bonds is 1. The van der Waals surface area contributed by atoms with Crippen molar-refractivity contribution in [2.75, 3.05) is 0 Å². The number of nitrogens with zero attached hydrogens (tertiary/aromatic N) is 4. The second kappa shape index (κ2) is 3.93. The van der Waals surface area contributed by atoms with Crippen LogP contribution >= 0.6 is 0 Å². The van der Waals surface area contributed by atoms with E-state index in [4.69, 9.17) is 4.98 Å². The highest BCUT2D eigenvalue weighted by Gasteiger charge is 2.13. The summed E-state index contributed by atoms with van der Waals surface area (Å²) in [7, 11) is 2.03. The van der Waals surface area contributed by atoms with Gasteiger partial charge in [0.25, 0.3) is 0 Å². The van der Waals surface area contributed by atoms with Gasteiger partial charge in [-0.05, 0) is 31.2 Å². The van der Waals surface area contributed by atoms with Gasteiger partial charge in [-0.15, -0.1) is 0 Å². The number of para-hydroxylation sites is 2. The van der Waals surface area contributed by atoms with Crippen LogP contribution in [0.15, 0.2) is 48.7 Å². The number of fused-ring (bicyclic) bond motifs is 2. The summed E-state index contributed by atoms with van der Waals surface area (Å²) in [6, 6.07) is 14.3. The SMILES string of the molecule is Cc1cccc2nc(-c3nc4ccccc4n3C)cn12. The molecule has 0 spiro atoms. The lowest BCUT2D eigenvalue weighted by Crippen LogP contribution is -1.92. The number of hydrogen-bond donors (Lipinski definition) is 0. The molecule has 0 fully saturated rings. The molecule has 0 aliphatic rings. The second-order valence-electron chi connectivity index (χ2n) is 5.00. The molecule has 0 saturated carbocycles. The Bertz CT molecular complexity index is 930. The highest BCUT2D eigenvalue weighted by Crippen LogP contribution is 2.23. The van der Waals surface area contributed by atoms with Crippen molar-refractivity contribution in [2.24, 2.45) is 7.05 Å². The van der Waals surface area contributed by atoms with Gasteiger partial charge in [0.1, 0.15) is 11.3 Å². The van der Waals surface area contributed by atoms with Crippen LogP contribution in [-0.4, -0.2) is 18.9 Å². The van der Waals surface area contributed by atoms with Crippen molar-refractivity contribution in [3.05, 3.63) is 54.4 Å². The normalized spacial score (nSPS) is 11.5. The molecule has 0 atom stereocenters. The molecule has 20 heavy (non-hydrogen) atoms. The predicted octanol–water partition coefficient (Wildman–Crippen LogP) is 3.20. The maximum absolute atomic E-state index is 4.69. The Balaban J connectivity index is 2.01. The lowest BCUT2D eigenvalue weighted by Gasteiger charge is -1.97. The van der Waals surface area contributed by atoms with Crippen molar-refractivity contribution in [3.8, 4) is 11.5 Å². The summed E-state index contributed by atoms with van der Waals surface area (Å²) in [6.07, 6.45) is 2.05. The van der Waals surface area contributed by atoms with Crippen LogP contribution in [0.4, 0.5) is 0 Å². The van der Waals surface area contributed by atoms with Gasteiger partial charge >= 0.3 is 0 Å². The third kappa shape index (κ3) is 1.48. The van der Waals surface area contributed by atoms with E-state index in [1.165, 1.54) is 5.69 Å². The molecule has 3 heterocycles. The zero-order valence-electron chi connectivity index (χ0n) is 11.4. The molecular formula is C16H14N4. The van der Waals surface area contributed by atoms with Gasteiger partial charge < -0.3 is 8.97 Å². The number of pyridine rings is 1. The first-order chi connectivity index (χ1) is 9.74. The van der Waals surface area contributed by atoms with Crippen LogP contribution in [0.2, 0.25) is 0 Å². The van der Waals surface area contributed by atoms with Crippen LogP contribution in [0.1, 0.15) is 5.69 Å². The molecule has 4 rings (SSSR count). The highest BCUT2D eigenvalue weighted by atomic mass is 15.1. The molecule has 0 N–H and O–H groups in total. The van der Waals surface area contributed by atoms with Crippen LogP contribution < -0.4 is 0 Å². The van der Waals surface area contributed by atoms with E-state index in [1.807, 2.05) is 43.6 Å². The molecule has 3 aromatic heterocycles.